The number of nitrogens with zero attached hydrogens (tertiary/aromatic N) is 1. The molecule has 21 heavy (non-hydrogen) atoms. The van der Waals surface area contributed by atoms with Crippen molar-refractivity contribution in [1.82, 2.24) is 4.98 Å². The van der Waals surface area contributed by atoms with Gasteiger partial charge in [-0.3, -0.25) is 0 Å². The van der Waals surface area contributed by atoms with E-state index in [4.69, 9.17) is 19.0 Å². The summed E-state index contributed by atoms with van der Waals surface area (Å²) in [5, 5.41) is 8.77. The summed E-state index contributed by atoms with van der Waals surface area (Å²) in [6.07, 6.45) is -4.92. The van der Waals surface area contributed by atoms with E-state index in [9.17, 15) is 18.0 Å². The Kier molecular flexibility index (Phi) is 2.78. The van der Waals surface area contributed by atoms with Crippen molar-refractivity contribution < 1.29 is 37.0 Å². The molecular formula is C12H6F3NO5. The van der Waals surface area contributed by atoms with Crippen LogP contribution in [0.15, 0.2) is 22.6 Å². The van der Waals surface area contributed by atoms with E-state index in [1.54, 1.807) is 0 Å². The summed E-state index contributed by atoms with van der Waals surface area (Å²) in [5.74, 6) is -2.81. The van der Waals surface area contributed by atoms with Crippen LogP contribution in [0.25, 0.3) is 11.5 Å². The fourth-order valence-corrected chi connectivity index (χ4v) is 1.81. The van der Waals surface area contributed by atoms with Crippen LogP contribution >= 0.6 is 0 Å². The molecule has 6 nitrogen and oxygen atoms in total. The predicted octanol–water partition coefficient (Wildman–Crippen LogP) is 2.79. The standard InChI is InChI=1S/C12H6F3NO5/c13-12(14,15)9-8(11(17)18)21-10(16-9)5-1-2-6-7(3-5)20-4-19-6/h1-3H,4H2,(H,17,18). The lowest BCUT2D eigenvalue weighted by atomic mass is 10.2. The lowest BCUT2D eigenvalue weighted by molar-refractivity contribution is -0.141. The zero-order valence-corrected chi connectivity index (χ0v) is 10.1. The first-order valence-electron chi connectivity index (χ1n) is 5.57. The summed E-state index contributed by atoms with van der Waals surface area (Å²) >= 11 is 0. The SMILES string of the molecule is O=C(O)c1oc(-c2ccc3c(c2)OCO3)nc1C(F)(F)F. The van der Waals surface area contributed by atoms with E-state index in [0.29, 0.717) is 11.5 Å². The topological polar surface area (TPSA) is 81.8 Å². The highest BCUT2D eigenvalue weighted by molar-refractivity contribution is 5.86. The average molecular weight is 301 g/mol. The van der Waals surface area contributed by atoms with Gasteiger partial charge in [0.25, 0.3) is 0 Å². The van der Waals surface area contributed by atoms with Crippen molar-refractivity contribution in [3.8, 4) is 23.0 Å². The molecule has 0 amide bonds. The molecule has 1 aromatic heterocycles. The summed E-state index contributed by atoms with van der Waals surface area (Å²) in [5.41, 5.74) is -1.43. The smallest absolute Gasteiger partial charge is 0.437 e. The highest BCUT2D eigenvalue weighted by atomic mass is 19.4. The molecule has 1 N–H and O–H groups in total. The molecular weight excluding hydrogens is 295 g/mol. The van der Waals surface area contributed by atoms with Crippen LogP contribution in [0.2, 0.25) is 0 Å². The van der Waals surface area contributed by atoms with Crippen molar-refractivity contribution in [2.75, 3.05) is 6.79 Å². The number of carboxylic acid groups (broad SMARTS) is 1. The van der Waals surface area contributed by atoms with Gasteiger partial charge in [0, 0.05) is 5.56 Å². The molecule has 0 unspecified atom stereocenters. The van der Waals surface area contributed by atoms with Gasteiger partial charge in [-0.05, 0) is 18.2 Å². The molecule has 0 bridgehead atoms. The normalized spacial score (nSPS) is 13.5. The average Bonchev–Trinajstić information content (AvgIpc) is 3.03. The van der Waals surface area contributed by atoms with Crippen molar-refractivity contribution in [1.29, 1.82) is 0 Å². The number of carbonyl (C=O) groups is 1. The molecule has 0 atom stereocenters. The number of hydrogen-bond donors (Lipinski definition) is 1. The highest BCUT2D eigenvalue weighted by Gasteiger charge is 2.41. The van der Waals surface area contributed by atoms with Crippen LogP contribution < -0.4 is 9.47 Å². The minimum absolute atomic E-state index is 0.00144. The predicted molar refractivity (Wildman–Crippen MR) is 60.0 cm³/mol. The van der Waals surface area contributed by atoms with Crippen molar-refractivity contribution >= 4 is 5.97 Å². The first-order chi connectivity index (χ1) is 9.86. The van der Waals surface area contributed by atoms with Crippen molar-refractivity contribution in [2.45, 2.75) is 6.18 Å². The second-order valence-electron chi connectivity index (χ2n) is 4.07. The molecule has 1 aliphatic heterocycles. The number of oxazole rings is 1. The van der Waals surface area contributed by atoms with Crippen molar-refractivity contribution in [2.24, 2.45) is 0 Å². The van der Waals surface area contributed by atoms with Gasteiger partial charge in [-0.1, -0.05) is 0 Å². The second-order valence-corrected chi connectivity index (χ2v) is 4.07. The summed E-state index contributed by atoms with van der Waals surface area (Å²) in [6.45, 7) is -0.00144. The summed E-state index contributed by atoms with van der Waals surface area (Å²) in [4.78, 5) is 14.1. The molecule has 2 aromatic rings. The van der Waals surface area contributed by atoms with Crippen LogP contribution in [0.1, 0.15) is 16.2 Å². The molecule has 0 aliphatic carbocycles. The zero-order valence-electron chi connectivity index (χ0n) is 10.1. The minimum Gasteiger partial charge on any atom is -0.475 e. The van der Waals surface area contributed by atoms with Crippen LogP contribution in [0, 0.1) is 0 Å². The number of alkyl halides is 3. The van der Waals surface area contributed by atoms with E-state index < -0.39 is 29.5 Å². The van der Waals surface area contributed by atoms with E-state index in [0.717, 1.165) is 0 Å². The number of aromatic carboxylic acids is 1. The summed E-state index contributed by atoms with van der Waals surface area (Å²) < 4.78 is 53.0. The molecule has 0 fully saturated rings. The maximum atomic E-state index is 12.7. The highest BCUT2D eigenvalue weighted by Crippen LogP contribution is 2.38. The summed E-state index contributed by atoms with van der Waals surface area (Å²) in [7, 11) is 0. The Morgan fingerprint density at radius 3 is 2.57 bits per heavy atom. The number of aromatic nitrogens is 1. The Morgan fingerprint density at radius 2 is 1.95 bits per heavy atom. The Balaban J connectivity index is 2.09. The van der Waals surface area contributed by atoms with Gasteiger partial charge in [-0.15, -0.1) is 0 Å². The lowest BCUT2D eigenvalue weighted by Crippen LogP contribution is -2.11. The Hall–Kier alpha value is -2.71. The van der Waals surface area contributed by atoms with Gasteiger partial charge < -0.3 is 19.0 Å². The molecule has 3 rings (SSSR count). The quantitative estimate of drug-likeness (QED) is 0.918. The third-order valence-corrected chi connectivity index (χ3v) is 2.71. The third-order valence-electron chi connectivity index (χ3n) is 2.71. The van der Waals surface area contributed by atoms with E-state index in [1.807, 2.05) is 0 Å². The van der Waals surface area contributed by atoms with E-state index >= 15 is 0 Å². The van der Waals surface area contributed by atoms with E-state index in [-0.39, 0.29) is 12.4 Å². The molecule has 2 heterocycles. The number of fused-ring (bicyclic) bond motifs is 1. The number of carboxylic acids is 1. The molecule has 0 radical (unpaired) electrons. The van der Waals surface area contributed by atoms with Crippen LogP contribution in [0.5, 0.6) is 11.5 Å². The third kappa shape index (κ3) is 2.26. The monoisotopic (exact) mass is 301 g/mol. The summed E-state index contributed by atoms with van der Waals surface area (Å²) in [6, 6.07) is 4.22. The zero-order chi connectivity index (χ0) is 15.2. The second kappa shape index (κ2) is 4.40. The van der Waals surface area contributed by atoms with Gasteiger partial charge in [0.15, 0.2) is 17.2 Å². The van der Waals surface area contributed by atoms with Gasteiger partial charge in [0.1, 0.15) is 0 Å². The fraction of sp³-hybridized carbons (Fsp3) is 0.167. The number of rotatable bonds is 2. The molecule has 0 spiro atoms. The van der Waals surface area contributed by atoms with Gasteiger partial charge in [-0.25, -0.2) is 9.78 Å². The molecule has 9 heteroatoms. The Labute approximate surface area is 114 Å². The van der Waals surface area contributed by atoms with Gasteiger partial charge >= 0.3 is 12.1 Å². The first kappa shape index (κ1) is 13.3. The van der Waals surface area contributed by atoms with Crippen LogP contribution in [-0.2, 0) is 6.18 Å². The minimum atomic E-state index is -4.92. The number of halogens is 3. The number of benzene rings is 1. The molecule has 0 saturated carbocycles. The molecule has 0 saturated heterocycles. The van der Waals surface area contributed by atoms with E-state index in [2.05, 4.69) is 4.98 Å². The first-order valence-corrected chi connectivity index (χ1v) is 5.57. The lowest BCUT2D eigenvalue weighted by Gasteiger charge is -2.01. The number of hydrogen-bond acceptors (Lipinski definition) is 5. The van der Waals surface area contributed by atoms with Crippen molar-refractivity contribution in [3.63, 3.8) is 0 Å². The Morgan fingerprint density at radius 1 is 1.24 bits per heavy atom. The molecule has 110 valence electrons. The maximum absolute atomic E-state index is 12.7. The Bertz CT molecular complexity index is 722. The van der Waals surface area contributed by atoms with Gasteiger partial charge in [-0.2, -0.15) is 13.2 Å². The largest absolute Gasteiger partial charge is 0.475 e. The van der Waals surface area contributed by atoms with Crippen LogP contribution in [0.4, 0.5) is 13.2 Å². The molecule has 1 aromatic carbocycles. The maximum Gasteiger partial charge on any atom is 0.437 e. The van der Waals surface area contributed by atoms with Crippen LogP contribution in [-0.4, -0.2) is 22.9 Å². The van der Waals surface area contributed by atoms with Gasteiger partial charge in [0.2, 0.25) is 18.4 Å². The van der Waals surface area contributed by atoms with E-state index in [1.165, 1.54) is 18.2 Å². The van der Waals surface area contributed by atoms with Crippen molar-refractivity contribution in [3.05, 3.63) is 29.7 Å². The molecule has 1 aliphatic rings. The van der Waals surface area contributed by atoms with Gasteiger partial charge in [0.05, 0.1) is 0 Å². The number of ether oxygens (including phenoxy) is 2. The van der Waals surface area contributed by atoms with Crippen LogP contribution in [0.3, 0.4) is 0 Å². The fourth-order valence-electron chi connectivity index (χ4n) is 1.81.